The predicted molar refractivity (Wildman–Crippen MR) is 108 cm³/mol. The third-order valence-electron chi connectivity index (χ3n) is 4.80. The summed E-state index contributed by atoms with van der Waals surface area (Å²) < 4.78 is 1.73. The van der Waals surface area contributed by atoms with Crippen LogP contribution in [0.1, 0.15) is 36.7 Å². The monoisotopic (exact) mass is 421 g/mol. The molecule has 1 saturated heterocycles. The number of halogens is 3. The van der Waals surface area contributed by atoms with Crippen molar-refractivity contribution < 1.29 is 0 Å². The van der Waals surface area contributed by atoms with Gasteiger partial charge in [-0.25, -0.2) is 0 Å². The molecule has 27 heavy (non-hydrogen) atoms. The molecule has 2 aromatic carbocycles. The van der Waals surface area contributed by atoms with E-state index in [4.69, 9.17) is 34.8 Å². The molecule has 5 nitrogen and oxygen atoms in total. The summed E-state index contributed by atoms with van der Waals surface area (Å²) in [6, 6.07) is 12.9. The Morgan fingerprint density at radius 1 is 0.889 bits per heavy atom. The van der Waals surface area contributed by atoms with E-state index in [0.29, 0.717) is 20.9 Å². The first-order valence-electron chi connectivity index (χ1n) is 8.87. The van der Waals surface area contributed by atoms with E-state index in [1.807, 2.05) is 36.4 Å². The summed E-state index contributed by atoms with van der Waals surface area (Å²) in [5.41, 5.74) is 1.76. The summed E-state index contributed by atoms with van der Waals surface area (Å²) in [6.45, 7) is 1.93. The fourth-order valence-electron chi connectivity index (χ4n) is 3.56. The molecule has 1 atom stereocenters. The molecular weight excluding hydrogens is 405 g/mol. The van der Waals surface area contributed by atoms with Crippen LogP contribution < -0.4 is 0 Å². The lowest BCUT2D eigenvalue weighted by atomic mass is 10.0. The highest BCUT2D eigenvalue weighted by atomic mass is 35.5. The topological polar surface area (TPSA) is 46.8 Å². The predicted octanol–water partition coefficient (Wildman–Crippen LogP) is 5.20. The average Bonchev–Trinajstić information content (AvgIpc) is 3.14. The summed E-state index contributed by atoms with van der Waals surface area (Å²) in [5, 5.41) is 14.4. The molecule has 0 amide bonds. The third kappa shape index (κ3) is 3.97. The van der Waals surface area contributed by atoms with Crippen LogP contribution >= 0.6 is 34.8 Å². The molecule has 0 radical (unpaired) electrons. The van der Waals surface area contributed by atoms with Gasteiger partial charge in [-0.3, -0.25) is 4.90 Å². The van der Waals surface area contributed by atoms with Crippen molar-refractivity contribution in [2.45, 2.75) is 25.3 Å². The molecule has 0 saturated carbocycles. The molecule has 0 aliphatic carbocycles. The minimum absolute atomic E-state index is 0.163. The number of likely N-dealkylation sites (tertiary alicyclic amines) is 1. The molecule has 8 heteroatoms. The second-order valence-electron chi connectivity index (χ2n) is 6.59. The number of aromatic nitrogens is 4. The zero-order valence-corrected chi connectivity index (χ0v) is 16.8. The second kappa shape index (κ2) is 8.15. The summed E-state index contributed by atoms with van der Waals surface area (Å²) in [6.07, 6.45) is 3.51. The maximum Gasteiger partial charge on any atom is 0.178 e. The van der Waals surface area contributed by atoms with Crippen molar-refractivity contribution in [1.29, 1.82) is 0 Å². The first-order chi connectivity index (χ1) is 13.1. The van der Waals surface area contributed by atoms with E-state index in [9.17, 15) is 0 Å². The molecular formula is C19H18Cl3N5. The van der Waals surface area contributed by atoms with Crippen LogP contribution in [-0.2, 0) is 0 Å². The molecule has 4 rings (SSSR count). The largest absolute Gasteiger partial charge is 0.290 e. The number of hydrogen-bond acceptors (Lipinski definition) is 4. The van der Waals surface area contributed by atoms with Crippen LogP contribution in [0.5, 0.6) is 0 Å². The van der Waals surface area contributed by atoms with Gasteiger partial charge in [0, 0.05) is 15.1 Å². The van der Waals surface area contributed by atoms with Crippen molar-refractivity contribution in [3.05, 3.63) is 68.9 Å². The zero-order valence-electron chi connectivity index (χ0n) is 14.5. The van der Waals surface area contributed by atoms with Crippen LogP contribution in [0.25, 0.3) is 5.69 Å². The highest BCUT2D eigenvalue weighted by Gasteiger charge is 2.31. The van der Waals surface area contributed by atoms with Crippen LogP contribution in [0.2, 0.25) is 15.1 Å². The zero-order chi connectivity index (χ0) is 18.8. The molecule has 140 valence electrons. The fraction of sp³-hybridized carbons (Fsp3) is 0.316. The Labute approximate surface area is 172 Å². The van der Waals surface area contributed by atoms with Crippen LogP contribution in [0.4, 0.5) is 0 Å². The minimum atomic E-state index is -0.163. The number of nitrogens with zero attached hydrogens (tertiary/aromatic N) is 5. The molecule has 1 aliphatic rings. The quantitative estimate of drug-likeness (QED) is 0.580. The standard InChI is InChI=1S/C19H18Cl3N5/c20-13-5-4-6-15(11-13)27-19(23-24-25-27)18(26-9-2-1-3-10-26)16-8-7-14(21)12-17(16)22/h4-8,11-12,18H,1-3,9-10H2. The molecule has 0 bridgehead atoms. The number of rotatable bonds is 4. The van der Waals surface area contributed by atoms with Gasteiger partial charge in [-0.15, -0.1) is 5.10 Å². The van der Waals surface area contributed by atoms with Gasteiger partial charge in [-0.2, -0.15) is 4.68 Å². The lowest BCUT2D eigenvalue weighted by molar-refractivity contribution is 0.180. The van der Waals surface area contributed by atoms with Gasteiger partial charge in [0.1, 0.15) is 0 Å². The number of piperidine rings is 1. The number of benzene rings is 2. The molecule has 1 unspecified atom stereocenters. The van der Waals surface area contributed by atoms with Crippen molar-refractivity contribution in [2.24, 2.45) is 0 Å². The molecule has 1 aliphatic heterocycles. The maximum atomic E-state index is 6.57. The Kier molecular flexibility index (Phi) is 5.64. The first kappa shape index (κ1) is 18.7. The van der Waals surface area contributed by atoms with E-state index < -0.39 is 0 Å². The second-order valence-corrected chi connectivity index (χ2v) is 7.87. The van der Waals surface area contributed by atoms with Gasteiger partial charge in [0.15, 0.2) is 5.82 Å². The summed E-state index contributed by atoms with van der Waals surface area (Å²) >= 11 is 18.9. The molecule has 1 aromatic heterocycles. The first-order valence-corrected chi connectivity index (χ1v) is 10.00. The van der Waals surface area contributed by atoms with Gasteiger partial charge in [0.05, 0.1) is 11.7 Å². The van der Waals surface area contributed by atoms with E-state index >= 15 is 0 Å². The highest BCUT2D eigenvalue weighted by Crippen LogP contribution is 2.36. The Morgan fingerprint density at radius 3 is 2.41 bits per heavy atom. The fourth-order valence-corrected chi connectivity index (χ4v) is 4.25. The van der Waals surface area contributed by atoms with E-state index in [1.54, 1.807) is 10.7 Å². The lowest BCUT2D eigenvalue weighted by Gasteiger charge is -2.34. The average molecular weight is 423 g/mol. The third-order valence-corrected chi connectivity index (χ3v) is 5.60. The Bertz CT molecular complexity index is 937. The van der Waals surface area contributed by atoms with E-state index in [1.165, 1.54) is 6.42 Å². The van der Waals surface area contributed by atoms with Crippen LogP contribution in [0.3, 0.4) is 0 Å². The maximum absolute atomic E-state index is 6.57. The molecule has 2 heterocycles. The number of tetrazole rings is 1. The number of hydrogen-bond donors (Lipinski definition) is 0. The van der Waals surface area contributed by atoms with Crippen LogP contribution in [0, 0.1) is 0 Å². The van der Waals surface area contributed by atoms with Gasteiger partial charge < -0.3 is 0 Å². The van der Waals surface area contributed by atoms with E-state index in [0.717, 1.165) is 37.2 Å². The van der Waals surface area contributed by atoms with Crippen LogP contribution in [0.15, 0.2) is 42.5 Å². The highest BCUT2D eigenvalue weighted by molar-refractivity contribution is 6.35. The van der Waals surface area contributed by atoms with Gasteiger partial charge in [-0.1, -0.05) is 53.4 Å². The van der Waals surface area contributed by atoms with Crippen molar-refractivity contribution >= 4 is 34.8 Å². The minimum Gasteiger partial charge on any atom is -0.290 e. The lowest BCUT2D eigenvalue weighted by Crippen LogP contribution is -2.36. The van der Waals surface area contributed by atoms with Crippen molar-refractivity contribution in [2.75, 3.05) is 13.1 Å². The Balaban J connectivity index is 1.83. The molecule has 0 N–H and O–H groups in total. The Morgan fingerprint density at radius 2 is 1.67 bits per heavy atom. The van der Waals surface area contributed by atoms with Crippen molar-refractivity contribution in [3.8, 4) is 5.69 Å². The van der Waals surface area contributed by atoms with Gasteiger partial charge in [0.2, 0.25) is 0 Å². The SMILES string of the molecule is Clc1cccc(-n2nnnc2C(c2ccc(Cl)cc2Cl)N2CCCCC2)c1. The Hall–Kier alpha value is -1.66. The van der Waals surface area contributed by atoms with Crippen molar-refractivity contribution in [3.63, 3.8) is 0 Å². The van der Waals surface area contributed by atoms with E-state index in [-0.39, 0.29) is 6.04 Å². The molecule has 0 spiro atoms. The van der Waals surface area contributed by atoms with E-state index in [2.05, 4.69) is 20.4 Å². The molecule has 3 aromatic rings. The van der Waals surface area contributed by atoms with Gasteiger partial charge in [-0.05, 0) is 72.3 Å². The normalized spacial score (nSPS) is 16.4. The van der Waals surface area contributed by atoms with Crippen molar-refractivity contribution in [1.82, 2.24) is 25.1 Å². The smallest absolute Gasteiger partial charge is 0.178 e. The van der Waals surface area contributed by atoms with Gasteiger partial charge in [0.25, 0.3) is 0 Å². The van der Waals surface area contributed by atoms with Gasteiger partial charge >= 0.3 is 0 Å². The summed E-state index contributed by atoms with van der Waals surface area (Å²) in [7, 11) is 0. The molecule has 1 fully saturated rings. The van der Waals surface area contributed by atoms with Crippen LogP contribution in [-0.4, -0.2) is 38.2 Å². The summed E-state index contributed by atoms with van der Waals surface area (Å²) in [4.78, 5) is 2.38. The summed E-state index contributed by atoms with van der Waals surface area (Å²) in [5.74, 6) is 0.711.